The van der Waals surface area contributed by atoms with E-state index < -0.39 is 12.0 Å². The molecule has 4 rings (SSSR count). The van der Waals surface area contributed by atoms with E-state index in [1.807, 2.05) is 84.9 Å². The number of carboxylic acids is 1. The van der Waals surface area contributed by atoms with Gasteiger partial charge in [-0.05, 0) is 59.4 Å². The molecule has 4 nitrogen and oxygen atoms in total. The van der Waals surface area contributed by atoms with E-state index >= 15 is 0 Å². The van der Waals surface area contributed by atoms with Crippen LogP contribution in [0.2, 0.25) is 0 Å². The van der Waals surface area contributed by atoms with E-state index in [4.69, 9.17) is 4.74 Å². The van der Waals surface area contributed by atoms with Crippen molar-refractivity contribution in [1.82, 2.24) is 0 Å². The van der Waals surface area contributed by atoms with E-state index in [-0.39, 0.29) is 0 Å². The Balaban J connectivity index is 1.42. The van der Waals surface area contributed by atoms with Crippen molar-refractivity contribution in [2.45, 2.75) is 31.9 Å². The second-order valence-electron chi connectivity index (χ2n) is 7.88. The molecule has 0 radical (unpaired) electrons. The number of allylic oxidation sites excluding steroid dienone is 3. The standard InChI is InChI=1S/C28H27NO3/c30-28(31)27(18-21-8-3-1-4-9-21)29-25-13-7-12-24(19-25)23-14-16-26(17-15-23)32-20-22-10-5-2-6-11-22/h2-3,5-17,19,27,29H,1,4,18,20H2,(H,30,31). The number of ether oxygens (including phenoxy) is 1. The number of anilines is 1. The maximum absolute atomic E-state index is 11.8. The molecule has 2 N–H and O–H groups in total. The lowest BCUT2D eigenvalue weighted by Gasteiger charge is -2.18. The average Bonchev–Trinajstić information content (AvgIpc) is 2.84. The molecule has 0 saturated carbocycles. The fourth-order valence-corrected chi connectivity index (χ4v) is 3.73. The Hall–Kier alpha value is -3.79. The molecule has 1 aliphatic carbocycles. The Kier molecular flexibility index (Phi) is 7.03. The van der Waals surface area contributed by atoms with Gasteiger partial charge in [0.05, 0.1) is 0 Å². The molecule has 4 heteroatoms. The average molecular weight is 426 g/mol. The van der Waals surface area contributed by atoms with Gasteiger partial charge in [0.1, 0.15) is 18.4 Å². The Bertz CT molecular complexity index is 1100. The number of carbonyl (C=O) groups is 1. The van der Waals surface area contributed by atoms with Crippen molar-refractivity contribution < 1.29 is 14.6 Å². The number of hydrogen-bond donors (Lipinski definition) is 2. The summed E-state index contributed by atoms with van der Waals surface area (Å²) in [5.41, 5.74) is 5.05. The molecule has 3 aromatic rings. The first-order valence-corrected chi connectivity index (χ1v) is 10.9. The highest BCUT2D eigenvalue weighted by molar-refractivity contribution is 5.79. The summed E-state index contributed by atoms with van der Waals surface area (Å²) >= 11 is 0. The number of nitrogens with one attached hydrogen (secondary N) is 1. The van der Waals surface area contributed by atoms with Gasteiger partial charge < -0.3 is 15.2 Å². The zero-order valence-corrected chi connectivity index (χ0v) is 17.9. The van der Waals surface area contributed by atoms with Crippen LogP contribution in [0, 0.1) is 0 Å². The molecule has 0 aliphatic heterocycles. The molecule has 0 amide bonds. The minimum atomic E-state index is -0.852. The summed E-state index contributed by atoms with van der Waals surface area (Å²) in [5, 5.41) is 12.9. The second kappa shape index (κ2) is 10.5. The molecule has 0 saturated heterocycles. The van der Waals surface area contributed by atoms with Crippen LogP contribution < -0.4 is 10.1 Å². The highest BCUT2D eigenvalue weighted by Gasteiger charge is 2.19. The van der Waals surface area contributed by atoms with Crippen LogP contribution in [-0.2, 0) is 11.4 Å². The SMILES string of the molecule is O=C(O)C(CC1=CCCC=C1)Nc1cccc(-c2ccc(OCc3ccccc3)cc2)c1. The first-order valence-electron chi connectivity index (χ1n) is 10.9. The molecule has 32 heavy (non-hydrogen) atoms. The maximum atomic E-state index is 11.8. The fourth-order valence-electron chi connectivity index (χ4n) is 3.73. The van der Waals surface area contributed by atoms with Crippen LogP contribution >= 0.6 is 0 Å². The minimum Gasteiger partial charge on any atom is -0.489 e. The van der Waals surface area contributed by atoms with Gasteiger partial charge in [0.25, 0.3) is 0 Å². The Labute approximate surface area is 188 Å². The van der Waals surface area contributed by atoms with E-state index in [1.54, 1.807) is 0 Å². The van der Waals surface area contributed by atoms with Gasteiger partial charge in [-0.25, -0.2) is 4.79 Å². The third-order valence-corrected chi connectivity index (χ3v) is 5.45. The normalized spacial score (nSPS) is 13.8. The summed E-state index contributed by atoms with van der Waals surface area (Å²) < 4.78 is 5.87. The molecule has 0 heterocycles. The van der Waals surface area contributed by atoms with Crippen LogP contribution in [-0.4, -0.2) is 17.1 Å². The van der Waals surface area contributed by atoms with Gasteiger partial charge in [0.2, 0.25) is 0 Å². The van der Waals surface area contributed by atoms with Crippen LogP contribution in [0.25, 0.3) is 11.1 Å². The predicted octanol–water partition coefficient (Wildman–Crippen LogP) is 6.46. The number of benzene rings is 3. The van der Waals surface area contributed by atoms with Crippen molar-refractivity contribution in [2.24, 2.45) is 0 Å². The van der Waals surface area contributed by atoms with Crippen LogP contribution in [0.5, 0.6) is 5.75 Å². The van der Waals surface area contributed by atoms with Crippen LogP contribution in [0.1, 0.15) is 24.8 Å². The lowest BCUT2D eigenvalue weighted by atomic mass is 9.99. The maximum Gasteiger partial charge on any atom is 0.326 e. The van der Waals surface area contributed by atoms with Gasteiger partial charge in [0, 0.05) is 12.1 Å². The largest absolute Gasteiger partial charge is 0.489 e. The third kappa shape index (κ3) is 5.88. The molecule has 1 aliphatic rings. The van der Waals surface area contributed by atoms with Crippen molar-refractivity contribution >= 4 is 11.7 Å². The first kappa shape index (κ1) is 21.4. The van der Waals surface area contributed by atoms with Gasteiger partial charge in [-0.15, -0.1) is 0 Å². The van der Waals surface area contributed by atoms with Gasteiger partial charge in [-0.3, -0.25) is 0 Å². The molecular weight excluding hydrogens is 398 g/mol. The summed E-state index contributed by atoms with van der Waals surface area (Å²) in [6, 6.07) is 25.2. The third-order valence-electron chi connectivity index (χ3n) is 5.45. The molecule has 0 fully saturated rings. The zero-order valence-electron chi connectivity index (χ0n) is 17.9. The molecule has 1 atom stereocenters. The number of hydrogen-bond acceptors (Lipinski definition) is 3. The highest BCUT2D eigenvalue weighted by atomic mass is 16.5. The minimum absolute atomic E-state index is 0.462. The van der Waals surface area contributed by atoms with E-state index in [1.165, 1.54) is 0 Å². The van der Waals surface area contributed by atoms with Crippen molar-refractivity contribution in [2.75, 3.05) is 5.32 Å². The first-order chi connectivity index (χ1) is 15.7. The van der Waals surface area contributed by atoms with Crippen molar-refractivity contribution in [3.05, 3.63) is 108 Å². The van der Waals surface area contributed by atoms with E-state index in [9.17, 15) is 9.90 Å². The second-order valence-corrected chi connectivity index (χ2v) is 7.88. The zero-order chi connectivity index (χ0) is 22.2. The van der Waals surface area contributed by atoms with Crippen molar-refractivity contribution in [3.63, 3.8) is 0 Å². The van der Waals surface area contributed by atoms with Gasteiger partial charge >= 0.3 is 5.97 Å². The quantitative estimate of drug-likeness (QED) is 0.413. The van der Waals surface area contributed by atoms with E-state index in [2.05, 4.69) is 17.5 Å². The molecule has 0 bridgehead atoms. The van der Waals surface area contributed by atoms with E-state index in [0.29, 0.717) is 13.0 Å². The van der Waals surface area contributed by atoms with Crippen LogP contribution in [0.4, 0.5) is 5.69 Å². The fraction of sp³-hybridized carbons (Fsp3) is 0.179. The summed E-state index contributed by atoms with van der Waals surface area (Å²) in [6.07, 6.45) is 8.70. The number of carboxylic acid groups (broad SMARTS) is 1. The summed E-state index contributed by atoms with van der Waals surface area (Å²) in [6.45, 7) is 0.530. The van der Waals surface area contributed by atoms with Gasteiger partial charge in [-0.1, -0.05) is 72.8 Å². The highest BCUT2D eigenvalue weighted by Crippen LogP contribution is 2.26. The lowest BCUT2D eigenvalue weighted by molar-refractivity contribution is -0.137. The monoisotopic (exact) mass is 425 g/mol. The summed E-state index contributed by atoms with van der Waals surface area (Å²) in [7, 11) is 0. The van der Waals surface area contributed by atoms with Crippen molar-refractivity contribution in [3.8, 4) is 16.9 Å². The Morgan fingerprint density at radius 3 is 2.47 bits per heavy atom. The molecule has 162 valence electrons. The number of rotatable bonds is 9. The van der Waals surface area contributed by atoms with E-state index in [0.717, 1.165) is 46.5 Å². The Morgan fingerprint density at radius 2 is 1.75 bits per heavy atom. The molecular formula is C28H27NO3. The molecule has 1 unspecified atom stereocenters. The predicted molar refractivity (Wildman–Crippen MR) is 129 cm³/mol. The summed E-state index contributed by atoms with van der Waals surface area (Å²) in [5.74, 6) is -0.0400. The lowest BCUT2D eigenvalue weighted by Crippen LogP contribution is -2.29. The van der Waals surface area contributed by atoms with Crippen molar-refractivity contribution in [1.29, 1.82) is 0 Å². The van der Waals surface area contributed by atoms with Gasteiger partial charge in [0.15, 0.2) is 0 Å². The Morgan fingerprint density at radius 1 is 0.938 bits per heavy atom. The molecule has 3 aromatic carbocycles. The molecule has 0 aromatic heterocycles. The van der Waals surface area contributed by atoms with Gasteiger partial charge in [-0.2, -0.15) is 0 Å². The smallest absolute Gasteiger partial charge is 0.326 e. The number of aliphatic carboxylic acids is 1. The topological polar surface area (TPSA) is 58.6 Å². The summed E-state index contributed by atoms with van der Waals surface area (Å²) in [4.78, 5) is 11.8. The molecule has 0 spiro atoms. The van der Waals surface area contributed by atoms with Crippen LogP contribution in [0.15, 0.2) is 103 Å². The van der Waals surface area contributed by atoms with Crippen LogP contribution in [0.3, 0.4) is 0 Å².